The Morgan fingerprint density at radius 1 is 1.12 bits per heavy atom. The number of carbonyl (C=O) groups is 4. The summed E-state index contributed by atoms with van der Waals surface area (Å²) in [4.78, 5) is 50.8. The first-order valence-electron chi connectivity index (χ1n) is 9.52. The number of hydrogen-bond acceptors (Lipinski definition) is 4. The van der Waals surface area contributed by atoms with E-state index in [1.807, 2.05) is 0 Å². The van der Waals surface area contributed by atoms with Gasteiger partial charge in [-0.25, -0.2) is 13.6 Å². The number of amides is 3. The Hall–Kier alpha value is -4.08. The van der Waals surface area contributed by atoms with Gasteiger partial charge in [-0.1, -0.05) is 12.1 Å². The second-order valence-corrected chi connectivity index (χ2v) is 6.99. The zero-order valence-corrected chi connectivity index (χ0v) is 16.9. The van der Waals surface area contributed by atoms with Gasteiger partial charge >= 0.3 is 12.0 Å². The lowest BCUT2D eigenvalue weighted by Gasteiger charge is -2.33. The van der Waals surface area contributed by atoms with Crippen molar-refractivity contribution in [2.24, 2.45) is 0 Å². The lowest BCUT2D eigenvalue weighted by molar-refractivity contribution is -0.137. The van der Waals surface area contributed by atoms with Gasteiger partial charge in [-0.2, -0.15) is 0 Å². The van der Waals surface area contributed by atoms with Crippen LogP contribution in [0.25, 0.3) is 11.1 Å². The summed E-state index contributed by atoms with van der Waals surface area (Å²) < 4.78 is 27.3. The maximum Gasteiger partial charge on any atom is 0.323 e. The van der Waals surface area contributed by atoms with Crippen LogP contribution in [0.3, 0.4) is 0 Å². The molecule has 2 aromatic rings. The summed E-state index contributed by atoms with van der Waals surface area (Å²) in [5.41, 5.74) is 0.665. The molecule has 2 N–H and O–H groups in total. The molecule has 3 rings (SSSR count). The van der Waals surface area contributed by atoms with Gasteiger partial charge in [0.25, 0.3) is 5.91 Å². The fourth-order valence-corrected chi connectivity index (χ4v) is 3.17. The van der Waals surface area contributed by atoms with Crippen molar-refractivity contribution in [3.05, 3.63) is 66.4 Å². The number of urea groups is 1. The number of nitrogens with one attached hydrogen (secondary N) is 1. The van der Waals surface area contributed by atoms with Crippen LogP contribution in [0, 0.1) is 11.6 Å². The lowest BCUT2D eigenvalue weighted by atomic mass is 10.0. The molecule has 0 saturated carbocycles. The van der Waals surface area contributed by atoms with E-state index >= 15 is 0 Å². The van der Waals surface area contributed by atoms with Crippen LogP contribution in [0.1, 0.15) is 6.42 Å². The Morgan fingerprint density at radius 2 is 1.81 bits per heavy atom. The van der Waals surface area contributed by atoms with Crippen molar-refractivity contribution in [3.8, 4) is 11.1 Å². The Balaban J connectivity index is 1.96. The van der Waals surface area contributed by atoms with Gasteiger partial charge in [0.15, 0.2) is 11.8 Å². The molecule has 1 aliphatic heterocycles. The van der Waals surface area contributed by atoms with Gasteiger partial charge in [-0.3, -0.25) is 19.3 Å². The quantitative estimate of drug-likeness (QED) is 0.668. The number of ketones is 1. The van der Waals surface area contributed by atoms with Crippen LogP contribution in [0.5, 0.6) is 0 Å². The zero-order valence-electron chi connectivity index (χ0n) is 16.9. The van der Waals surface area contributed by atoms with Crippen LogP contribution in [-0.2, 0) is 14.4 Å². The molecule has 1 aliphatic rings. The van der Waals surface area contributed by atoms with Crippen LogP contribution in [0.4, 0.5) is 19.3 Å². The summed E-state index contributed by atoms with van der Waals surface area (Å²) in [7, 11) is 1.43. The molecular formula is C22H19F2N3O5. The molecule has 1 atom stereocenters. The van der Waals surface area contributed by atoms with E-state index in [0.29, 0.717) is 5.56 Å². The summed E-state index contributed by atoms with van der Waals surface area (Å²) in [6.45, 7) is -0.218. The normalized spacial score (nSPS) is 15.6. The minimum Gasteiger partial charge on any atom is -0.481 e. The molecule has 1 heterocycles. The summed E-state index contributed by atoms with van der Waals surface area (Å²) in [5, 5.41) is 11.2. The van der Waals surface area contributed by atoms with E-state index < -0.39 is 41.4 Å². The SMILES string of the molecule is CN1C=CC(=O)[C@H](N(C(=O)NCCC(=O)O)c2ccc(-c3ccc(F)cc3F)cc2)C1=O. The van der Waals surface area contributed by atoms with E-state index in [2.05, 4.69) is 5.32 Å². The Bertz CT molecular complexity index is 1100. The van der Waals surface area contributed by atoms with E-state index in [1.165, 1.54) is 43.6 Å². The van der Waals surface area contributed by atoms with Gasteiger partial charge in [0, 0.05) is 43.2 Å². The van der Waals surface area contributed by atoms with Crippen LogP contribution in [-0.4, -0.2) is 53.3 Å². The Kier molecular flexibility index (Phi) is 6.62. The minimum atomic E-state index is -1.50. The number of rotatable bonds is 6. The van der Waals surface area contributed by atoms with Crippen LogP contribution in [0.2, 0.25) is 0 Å². The predicted octanol–water partition coefficient (Wildman–Crippen LogP) is 2.55. The molecule has 2 aromatic carbocycles. The predicted molar refractivity (Wildman–Crippen MR) is 111 cm³/mol. The van der Waals surface area contributed by atoms with Crippen LogP contribution >= 0.6 is 0 Å². The van der Waals surface area contributed by atoms with E-state index in [1.54, 1.807) is 0 Å². The lowest BCUT2D eigenvalue weighted by Crippen LogP contribution is -2.57. The number of carboxylic acid groups (broad SMARTS) is 1. The molecule has 0 radical (unpaired) electrons. The van der Waals surface area contributed by atoms with Crippen molar-refractivity contribution >= 4 is 29.4 Å². The molecular weight excluding hydrogens is 424 g/mol. The third-order valence-corrected chi connectivity index (χ3v) is 4.79. The average Bonchev–Trinajstić information content (AvgIpc) is 2.74. The maximum atomic E-state index is 14.1. The highest BCUT2D eigenvalue weighted by molar-refractivity contribution is 6.19. The monoisotopic (exact) mass is 443 g/mol. The number of hydrogen-bond donors (Lipinski definition) is 2. The maximum absolute atomic E-state index is 14.1. The van der Waals surface area contributed by atoms with Crippen molar-refractivity contribution in [1.82, 2.24) is 10.2 Å². The van der Waals surface area contributed by atoms with Gasteiger partial charge in [-0.05, 0) is 29.8 Å². The van der Waals surface area contributed by atoms with E-state index in [0.717, 1.165) is 28.0 Å². The molecule has 166 valence electrons. The first kappa shape index (κ1) is 22.6. The number of carbonyl (C=O) groups excluding carboxylic acids is 3. The smallest absolute Gasteiger partial charge is 0.323 e. The van der Waals surface area contributed by atoms with Crippen molar-refractivity contribution in [2.75, 3.05) is 18.5 Å². The molecule has 0 bridgehead atoms. The largest absolute Gasteiger partial charge is 0.481 e. The number of benzene rings is 2. The molecule has 8 nitrogen and oxygen atoms in total. The summed E-state index contributed by atoms with van der Waals surface area (Å²) in [5.74, 6) is -3.91. The number of halogens is 2. The van der Waals surface area contributed by atoms with Gasteiger partial charge in [0.05, 0.1) is 6.42 Å². The first-order valence-corrected chi connectivity index (χ1v) is 9.52. The Morgan fingerprint density at radius 3 is 2.44 bits per heavy atom. The number of aliphatic carboxylic acids is 1. The van der Waals surface area contributed by atoms with Crippen molar-refractivity contribution in [2.45, 2.75) is 12.5 Å². The molecule has 0 unspecified atom stereocenters. The molecule has 10 heteroatoms. The second-order valence-electron chi connectivity index (χ2n) is 6.99. The first-order chi connectivity index (χ1) is 15.2. The third-order valence-electron chi connectivity index (χ3n) is 4.79. The summed E-state index contributed by atoms with van der Waals surface area (Å²) in [6.07, 6.45) is 2.09. The Labute approximate surface area is 181 Å². The zero-order chi connectivity index (χ0) is 23.4. The summed E-state index contributed by atoms with van der Waals surface area (Å²) >= 11 is 0. The van der Waals surface area contributed by atoms with E-state index in [-0.39, 0.29) is 24.2 Å². The molecule has 3 amide bonds. The molecule has 32 heavy (non-hydrogen) atoms. The molecule has 0 aliphatic carbocycles. The number of carboxylic acids is 1. The standard InChI is InChI=1S/C22H19F2N3O5/c1-26-11-9-18(28)20(21(26)31)27(22(32)25-10-8-19(29)30)15-5-2-13(3-6-15)16-7-4-14(23)12-17(16)24/h2-7,9,11-12,20H,8,10H2,1H3,(H,25,32)(H,29,30)/t20-/m0/s1. The van der Waals surface area contributed by atoms with Crippen molar-refractivity contribution in [3.63, 3.8) is 0 Å². The minimum absolute atomic E-state index is 0.128. The van der Waals surface area contributed by atoms with Gasteiger partial charge < -0.3 is 15.3 Å². The molecule has 0 saturated heterocycles. The fraction of sp³-hybridized carbons (Fsp3) is 0.182. The molecule has 0 aromatic heterocycles. The molecule has 0 spiro atoms. The second kappa shape index (κ2) is 9.38. The number of nitrogens with zero attached hydrogens (tertiary/aromatic N) is 2. The summed E-state index contributed by atoms with van der Waals surface area (Å²) in [6, 6.07) is 6.51. The van der Waals surface area contributed by atoms with Gasteiger partial charge in [0.1, 0.15) is 11.6 Å². The highest BCUT2D eigenvalue weighted by Crippen LogP contribution is 2.28. The highest BCUT2D eigenvalue weighted by atomic mass is 19.1. The van der Waals surface area contributed by atoms with Crippen LogP contribution < -0.4 is 10.2 Å². The number of likely N-dealkylation sites (N-methyl/N-ethyl adjacent to an activating group) is 1. The highest BCUT2D eigenvalue weighted by Gasteiger charge is 2.39. The van der Waals surface area contributed by atoms with Gasteiger partial charge in [-0.15, -0.1) is 0 Å². The number of anilines is 1. The third kappa shape index (κ3) is 4.80. The van der Waals surface area contributed by atoms with Crippen molar-refractivity contribution < 1.29 is 33.1 Å². The van der Waals surface area contributed by atoms with E-state index in [9.17, 15) is 28.0 Å². The fourth-order valence-electron chi connectivity index (χ4n) is 3.17. The average molecular weight is 443 g/mol. The van der Waals surface area contributed by atoms with E-state index in [4.69, 9.17) is 5.11 Å². The molecule has 0 fully saturated rings. The topological polar surface area (TPSA) is 107 Å². The van der Waals surface area contributed by atoms with Crippen molar-refractivity contribution in [1.29, 1.82) is 0 Å². The van der Waals surface area contributed by atoms with Gasteiger partial charge in [0.2, 0.25) is 0 Å². The van der Waals surface area contributed by atoms with Crippen LogP contribution in [0.15, 0.2) is 54.7 Å².